The van der Waals surface area contributed by atoms with Gasteiger partial charge in [0.1, 0.15) is 11.4 Å². The third-order valence-corrected chi connectivity index (χ3v) is 4.03. The summed E-state index contributed by atoms with van der Waals surface area (Å²) in [5.41, 5.74) is 2.17. The molecule has 0 unspecified atom stereocenters. The van der Waals surface area contributed by atoms with Crippen LogP contribution in [0.4, 0.5) is 5.69 Å². The molecule has 148 valence electrons. The lowest BCUT2D eigenvalue weighted by atomic mass is 10.2. The largest absolute Gasteiger partial charge is 0.491 e. The Kier molecular flexibility index (Phi) is 6.58. The normalized spacial score (nSPS) is 10.4. The van der Waals surface area contributed by atoms with Crippen molar-refractivity contribution >= 4 is 17.5 Å². The lowest BCUT2D eigenvalue weighted by molar-refractivity contribution is 0.0946. The van der Waals surface area contributed by atoms with Crippen LogP contribution in [0.25, 0.3) is 0 Å². The van der Waals surface area contributed by atoms with E-state index in [9.17, 15) is 9.59 Å². The molecule has 3 rings (SSSR count). The first-order valence-electron chi connectivity index (χ1n) is 9.37. The minimum Gasteiger partial charge on any atom is -0.491 e. The summed E-state index contributed by atoms with van der Waals surface area (Å²) in [6, 6.07) is 19.8. The summed E-state index contributed by atoms with van der Waals surface area (Å²) in [6.07, 6.45) is 1.53. The van der Waals surface area contributed by atoms with Crippen molar-refractivity contribution in [1.82, 2.24) is 10.3 Å². The summed E-state index contributed by atoms with van der Waals surface area (Å²) in [6.45, 7) is 4.29. The van der Waals surface area contributed by atoms with E-state index in [0.29, 0.717) is 17.8 Å². The molecule has 0 aliphatic rings. The van der Waals surface area contributed by atoms with E-state index in [0.717, 1.165) is 11.3 Å². The van der Waals surface area contributed by atoms with E-state index in [1.165, 1.54) is 12.3 Å². The van der Waals surface area contributed by atoms with Crippen LogP contribution in [0, 0.1) is 0 Å². The zero-order valence-corrected chi connectivity index (χ0v) is 16.4. The molecule has 2 N–H and O–H groups in total. The number of benzene rings is 2. The zero-order chi connectivity index (χ0) is 20.6. The summed E-state index contributed by atoms with van der Waals surface area (Å²) in [7, 11) is 0. The van der Waals surface area contributed by atoms with Gasteiger partial charge in [-0.3, -0.25) is 14.6 Å². The van der Waals surface area contributed by atoms with Crippen molar-refractivity contribution in [3.8, 4) is 5.75 Å². The summed E-state index contributed by atoms with van der Waals surface area (Å²) in [5, 5.41) is 5.61. The van der Waals surface area contributed by atoms with Gasteiger partial charge in [0.05, 0.1) is 6.10 Å². The smallest absolute Gasteiger partial charge is 0.270 e. The Bertz CT molecular complexity index is 970. The fraction of sp³-hybridized carbons (Fsp3) is 0.174. The van der Waals surface area contributed by atoms with Crippen molar-refractivity contribution in [2.75, 3.05) is 5.32 Å². The highest BCUT2D eigenvalue weighted by Crippen LogP contribution is 2.17. The second kappa shape index (κ2) is 9.50. The minimum absolute atomic E-state index is 0.0821. The molecule has 29 heavy (non-hydrogen) atoms. The molecule has 1 aromatic heterocycles. The number of carbonyl (C=O) groups is 2. The molecule has 0 bridgehead atoms. The SMILES string of the molecule is CC(C)Oc1ccc(NC(=O)c2ccnc(C(=O)NCc3ccccc3)c2)cc1. The van der Waals surface area contributed by atoms with Gasteiger partial charge in [-0.15, -0.1) is 0 Å². The van der Waals surface area contributed by atoms with E-state index < -0.39 is 0 Å². The van der Waals surface area contributed by atoms with Crippen LogP contribution in [0.15, 0.2) is 72.9 Å². The average molecular weight is 389 g/mol. The number of hydrogen-bond acceptors (Lipinski definition) is 4. The maximum absolute atomic E-state index is 12.5. The van der Waals surface area contributed by atoms with Crippen LogP contribution in [0.5, 0.6) is 5.75 Å². The Hall–Kier alpha value is -3.67. The van der Waals surface area contributed by atoms with Crippen LogP contribution < -0.4 is 15.4 Å². The van der Waals surface area contributed by atoms with E-state index in [4.69, 9.17) is 4.74 Å². The van der Waals surface area contributed by atoms with Gasteiger partial charge in [0.25, 0.3) is 11.8 Å². The number of rotatable bonds is 7. The van der Waals surface area contributed by atoms with Crippen LogP contribution in [-0.4, -0.2) is 22.9 Å². The van der Waals surface area contributed by atoms with Crippen LogP contribution in [0.2, 0.25) is 0 Å². The number of nitrogens with zero attached hydrogens (tertiary/aromatic N) is 1. The van der Waals surface area contributed by atoms with Gasteiger partial charge < -0.3 is 15.4 Å². The first-order valence-corrected chi connectivity index (χ1v) is 9.37. The number of nitrogens with one attached hydrogen (secondary N) is 2. The van der Waals surface area contributed by atoms with Crippen LogP contribution in [-0.2, 0) is 6.54 Å². The van der Waals surface area contributed by atoms with Gasteiger partial charge in [-0.05, 0) is 55.8 Å². The molecule has 6 heteroatoms. The molecule has 0 saturated heterocycles. The zero-order valence-electron chi connectivity index (χ0n) is 16.4. The Morgan fingerprint density at radius 3 is 2.38 bits per heavy atom. The molecule has 0 fully saturated rings. The summed E-state index contributed by atoms with van der Waals surface area (Å²) in [4.78, 5) is 29.0. The monoisotopic (exact) mass is 389 g/mol. The second-order valence-corrected chi connectivity index (χ2v) is 6.74. The second-order valence-electron chi connectivity index (χ2n) is 6.74. The van der Waals surface area contributed by atoms with Gasteiger partial charge in [-0.1, -0.05) is 30.3 Å². The van der Waals surface area contributed by atoms with Crippen molar-refractivity contribution < 1.29 is 14.3 Å². The topological polar surface area (TPSA) is 80.3 Å². The molecular formula is C23H23N3O3. The third-order valence-electron chi connectivity index (χ3n) is 4.03. The fourth-order valence-electron chi connectivity index (χ4n) is 2.66. The predicted octanol–water partition coefficient (Wildman–Crippen LogP) is 4.05. The van der Waals surface area contributed by atoms with Gasteiger partial charge in [0.15, 0.2) is 0 Å². The molecule has 6 nitrogen and oxygen atoms in total. The van der Waals surface area contributed by atoms with Gasteiger partial charge in [0, 0.05) is 24.0 Å². The highest BCUT2D eigenvalue weighted by Gasteiger charge is 2.12. The van der Waals surface area contributed by atoms with E-state index in [2.05, 4.69) is 15.6 Å². The highest BCUT2D eigenvalue weighted by molar-refractivity contribution is 6.05. The number of anilines is 1. The number of hydrogen-bond donors (Lipinski definition) is 2. The van der Waals surface area contributed by atoms with Crippen molar-refractivity contribution in [3.63, 3.8) is 0 Å². The predicted molar refractivity (Wildman–Crippen MR) is 112 cm³/mol. The Morgan fingerprint density at radius 1 is 0.966 bits per heavy atom. The molecule has 2 amide bonds. The summed E-state index contributed by atoms with van der Waals surface area (Å²) < 4.78 is 5.59. The Labute approximate surface area is 169 Å². The number of ether oxygens (including phenoxy) is 1. The molecule has 0 aliphatic carbocycles. The molecular weight excluding hydrogens is 366 g/mol. The van der Waals surface area contributed by atoms with Crippen molar-refractivity contribution in [3.05, 3.63) is 89.7 Å². The van der Waals surface area contributed by atoms with E-state index in [1.54, 1.807) is 30.3 Å². The number of carbonyl (C=O) groups excluding carboxylic acids is 2. The van der Waals surface area contributed by atoms with Crippen LogP contribution >= 0.6 is 0 Å². The average Bonchev–Trinajstić information content (AvgIpc) is 2.74. The molecule has 0 radical (unpaired) electrons. The summed E-state index contributed by atoms with van der Waals surface area (Å²) in [5.74, 6) is 0.0833. The van der Waals surface area contributed by atoms with Gasteiger partial charge >= 0.3 is 0 Å². The molecule has 1 heterocycles. The van der Waals surface area contributed by atoms with Crippen molar-refractivity contribution in [1.29, 1.82) is 0 Å². The Morgan fingerprint density at radius 2 is 1.69 bits per heavy atom. The Balaban J connectivity index is 1.62. The minimum atomic E-state index is -0.335. The van der Waals surface area contributed by atoms with Crippen LogP contribution in [0.1, 0.15) is 40.3 Å². The molecule has 0 aliphatic heterocycles. The van der Waals surface area contributed by atoms with E-state index in [1.807, 2.05) is 44.2 Å². The van der Waals surface area contributed by atoms with Gasteiger partial charge in [-0.2, -0.15) is 0 Å². The van der Waals surface area contributed by atoms with Gasteiger partial charge in [0.2, 0.25) is 0 Å². The maximum Gasteiger partial charge on any atom is 0.270 e. The molecule has 3 aromatic rings. The molecule has 2 aromatic carbocycles. The quantitative estimate of drug-likeness (QED) is 0.639. The van der Waals surface area contributed by atoms with E-state index in [-0.39, 0.29) is 23.6 Å². The number of aromatic nitrogens is 1. The number of pyridine rings is 1. The first kappa shape index (κ1) is 20.1. The fourth-order valence-corrected chi connectivity index (χ4v) is 2.66. The lowest BCUT2D eigenvalue weighted by Crippen LogP contribution is -2.24. The van der Waals surface area contributed by atoms with Crippen molar-refractivity contribution in [2.24, 2.45) is 0 Å². The molecule has 0 spiro atoms. The standard InChI is InChI=1S/C23H23N3O3/c1-16(2)29-20-10-8-19(9-11-20)26-22(27)18-12-13-24-21(14-18)23(28)25-15-17-6-4-3-5-7-17/h3-14,16H,15H2,1-2H3,(H,25,28)(H,26,27). The molecule has 0 saturated carbocycles. The first-order chi connectivity index (χ1) is 14.0. The highest BCUT2D eigenvalue weighted by atomic mass is 16.5. The summed E-state index contributed by atoms with van der Waals surface area (Å²) >= 11 is 0. The van der Waals surface area contributed by atoms with Crippen molar-refractivity contribution in [2.45, 2.75) is 26.5 Å². The van der Waals surface area contributed by atoms with E-state index >= 15 is 0 Å². The third kappa shape index (κ3) is 5.90. The lowest BCUT2D eigenvalue weighted by Gasteiger charge is -2.11. The number of amides is 2. The van der Waals surface area contributed by atoms with Crippen LogP contribution in [0.3, 0.4) is 0 Å². The van der Waals surface area contributed by atoms with Gasteiger partial charge in [-0.25, -0.2) is 0 Å². The maximum atomic E-state index is 12.5. The molecule has 0 atom stereocenters.